The number of carbonyl (C=O) groups is 1. The van der Waals surface area contributed by atoms with Gasteiger partial charge in [-0.25, -0.2) is 4.39 Å². The van der Waals surface area contributed by atoms with E-state index in [0.717, 1.165) is 48.2 Å². The zero-order valence-electron chi connectivity index (χ0n) is 12.5. The molecule has 122 valence electrons. The SMILES string of the molecule is Cl.O=C(NC1CCc2cc(F)ccc21)c1n[nH]c2c1CNCC2. The Labute approximate surface area is 139 Å². The van der Waals surface area contributed by atoms with Gasteiger partial charge >= 0.3 is 0 Å². The van der Waals surface area contributed by atoms with Crippen LogP contribution in [0.2, 0.25) is 0 Å². The molecule has 0 bridgehead atoms. The molecule has 2 aliphatic rings. The van der Waals surface area contributed by atoms with Gasteiger partial charge in [-0.05, 0) is 36.1 Å². The molecule has 0 saturated heterocycles. The number of aromatic nitrogens is 2. The molecular formula is C16H18ClFN4O. The maximum absolute atomic E-state index is 13.3. The van der Waals surface area contributed by atoms with Crippen LogP contribution in [0.4, 0.5) is 4.39 Å². The quantitative estimate of drug-likeness (QED) is 0.786. The zero-order chi connectivity index (χ0) is 15.1. The lowest BCUT2D eigenvalue weighted by molar-refractivity contribution is 0.0930. The van der Waals surface area contributed by atoms with Gasteiger partial charge in [0.1, 0.15) is 5.82 Å². The average Bonchev–Trinajstić information content (AvgIpc) is 3.11. The summed E-state index contributed by atoms with van der Waals surface area (Å²) in [6, 6.07) is 4.71. The number of aromatic amines is 1. The molecule has 0 spiro atoms. The molecule has 1 atom stereocenters. The minimum atomic E-state index is -0.224. The van der Waals surface area contributed by atoms with Crippen LogP contribution in [-0.4, -0.2) is 22.6 Å². The number of benzene rings is 1. The summed E-state index contributed by atoms with van der Waals surface area (Å²) in [4.78, 5) is 12.5. The Kier molecular flexibility index (Phi) is 4.37. The molecule has 0 fully saturated rings. The molecule has 1 aliphatic heterocycles. The second-order valence-corrected chi connectivity index (χ2v) is 5.86. The van der Waals surface area contributed by atoms with Crippen molar-refractivity contribution in [1.29, 1.82) is 0 Å². The van der Waals surface area contributed by atoms with E-state index in [4.69, 9.17) is 0 Å². The highest BCUT2D eigenvalue weighted by Gasteiger charge is 2.27. The second kappa shape index (κ2) is 6.29. The summed E-state index contributed by atoms with van der Waals surface area (Å²) >= 11 is 0. The smallest absolute Gasteiger partial charge is 0.272 e. The molecule has 1 aromatic heterocycles. The Morgan fingerprint density at radius 2 is 2.22 bits per heavy atom. The molecule has 1 aromatic carbocycles. The summed E-state index contributed by atoms with van der Waals surface area (Å²) in [6.45, 7) is 1.57. The van der Waals surface area contributed by atoms with E-state index in [2.05, 4.69) is 20.8 Å². The maximum atomic E-state index is 13.3. The molecule has 0 saturated carbocycles. The van der Waals surface area contributed by atoms with Crippen LogP contribution in [-0.2, 0) is 19.4 Å². The van der Waals surface area contributed by atoms with Gasteiger partial charge in [0.2, 0.25) is 0 Å². The third kappa shape index (κ3) is 2.84. The first-order valence-electron chi connectivity index (χ1n) is 7.58. The summed E-state index contributed by atoms with van der Waals surface area (Å²) < 4.78 is 13.3. The lowest BCUT2D eigenvalue weighted by Gasteiger charge is -2.16. The number of hydrogen-bond acceptors (Lipinski definition) is 3. The number of aryl methyl sites for hydroxylation is 1. The van der Waals surface area contributed by atoms with Gasteiger partial charge in [-0.1, -0.05) is 6.07 Å². The van der Waals surface area contributed by atoms with E-state index in [1.165, 1.54) is 6.07 Å². The monoisotopic (exact) mass is 336 g/mol. The Balaban J connectivity index is 0.00000156. The average molecular weight is 337 g/mol. The maximum Gasteiger partial charge on any atom is 0.272 e. The number of rotatable bonds is 2. The molecule has 3 N–H and O–H groups in total. The number of nitrogens with one attached hydrogen (secondary N) is 3. The van der Waals surface area contributed by atoms with Gasteiger partial charge in [0.15, 0.2) is 5.69 Å². The molecule has 0 radical (unpaired) electrons. The van der Waals surface area contributed by atoms with Crippen LogP contribution < -0.4 is 10.6 Å². The predicted octanol–water partition coefficient (Wildman–Crippen LogP) is 2.03. The number of hydrogen-bond donors (Lipinski definition) is 3. The van der Waals surface area contributed by atoms with Crippen molar-refractivity contribution in [2.45, 2.75) is 31.8 Å². The van der Waals surface area contributed by atoms with Crippen molar-refractivity contribution in [2.75, 3.05) is 6.54 Å². The van der Waals surface area contributed by atoms with Crippen molar-refractivity contribution >= 4 is 18.3 Å². The van der Waals surface area contributed by atoms with Crippen LogP contribution >= 0.6 is 12.4 Å². The first-order chi connectivity index (χ1) is 10.7. The Bertz CT molecular complexity index is 746. The highest BCUT2D eigenvalue weighted by atomic mass is 35.5. The van der Waals surface area contributed by atoms with Crippen molar-refractivity contribution in [1.82, 2.24) is 20.8 Å². The number of amides is 1. The number of nitrogens with zero attached hydrogens (tertiary/aromatic N) is 1. The van der Waals surface area contributed by atoms with E-state index in [0.29, 0.717) is 12.2 Å². The predicted molar refractivity (Wildman–Crippen MR) is 86.2 cm³/mol. The molecule has 1 aliphatic carbocycles. The molecule has 4 rings (SSSR count). The van der Waals surface area contributed by atoms with Crippen molar-refractivity contribution in [2.24, 2.45) is 0 Å². The summed E-state index contributed by atoms with van der Waals surface area (Å²) in [6.07, 6.45) is 2.45. The van der Waals surface area contributed by atoms with Crippen LogP contribution in [0.1, 0.15) is 45.3 Å². The first-order valence-corrected chi connectivity index (χ1v) is 7.58. The fourth-order valence-corrected chi connectivity index (χ4v) is 3.38. The van der Waals surface area contributed by atoms with E-state index in [9.17, 15) is 9.18 Å². The van der Waals surface area contributed by atoms with Gasteiger partial charge in [0.25, 0.3) is 5.91 Å². The number of halogens is 2. The topological polar surface area (TPSA) is 69.8 Å². The van der Waals surface area contributed by atoms with Crippen LogP contribution in [0.25, 0.3) is 0 Å². The van der Waals surface area contributed by atoms with Gasteiger partial charge in [-0.2, -0.15) is 5.10 Å². The van der Waals surface area contributed by atoms with Crippen molar-refractivity contribution in [3.05, 3.63) is 52.1 Å². The Morgan fingerprint density at radius 1 is 1.35 bits per heavy atom. The zero-order valence-corrected chi connectivity index (χ0v) is 13.3. The summed E-state index contributed by atoms with van der Waals surface area (Å²) in [5.41, 5.74) is 4.46. The van der Waals surface area contributed by atoms with Crippen LogP contribution in [0.3, 0.4) is 0 Å². The van der Waals surface area contributed by atoms with E-state index in [1.54, 1.807) is 12.1 Å². The van der Waals surface area contributed by atoms with Gasteiger partial charge < -0.3 is 10.6 Å². The fraction of sp³-hybridized carbons (Fsp3) is 0.375. The number of H-pyrrole nitrogens is 1. The van der Waals surface area contributed by atoms with E-state index in [1.807, 2.05) is 0 Å². The van der Waals surface area contributed by atoms with E-state index >= 15 is 0 Å². The third-order valence-corrected chi connectivity index (χ3v) is 4.51. The Morgan fingerprint density at radius 3 is 3.09 bits per heavy atom. The van der Waals surface area contributed by atoms with Gasteiger partial charge in [-0.15, -0.1) is 12.4 Å². The van der Waals surface area contributed by atoms with Gasteiger partial charge in [0, 0.05) is 30.8 Å². The molecular weight excluding hydrogens is 319 g/mol. The molecule has 5 nitrogen and oxygen atoms in total. The second-order valence-electron chi connectivity index (χ2n) is 5.86. The summed E-state index contributed by atoms with van der Waals surface area (Å²) in [5.74, 6) is -0.387. The fourth-order valence-electron chi connectivity index (χ4n) is 3.38. The minimum Gasteiger partial charge on any atom is -0.344 e. The first kappa shape index (κ1) is 16.0. The molecule has 2 aromatic rings. The van der Waals surface area contributed by atoms with Crippen LogP contribution in [0, 0.1) is 5.82 Å². The lowest BCUT2D eigenvalue weighted by atomic mass is 10.1. The van der Waals surface area contributed by atoms with Crippen molar-refractivity contribution in [3.8, 4) is 0 Å². The highest BCUT2D eigenvalue weighted by Crippen LogP contribution is 2.31. The Hall–Kier alpha value is -1.92. The standard InChI is InChI=1S/C16H17FN4O.ClH/c17-10-2-3-11-9(7-10)1-4-13(11)19-16(22)15-12-8-18-6-5-14(12)20-21-15;/h2-3,7,13,18H,1,4-6,8H2,(H,19,22)(H,20,21);1H. The molecule has 2 heterocycles. The van der Waals surface area contributed by atoms with E-state index < -0.39 is 0 Å². The molecule has 1 unspecified atom stereocenters. The molecule has 1 amide bonds. The molecule has 23 heavy (non-hydrogen) atoms. The van der Waals surface area contributed by atoms with E-state index in [-0.39, 0.29) is 30.2 Å². The van der Waals surface area contributed by atoms with Crippen molar-refractivity contribution in [3.63, 3.8) is 0 Å². The van der Waals surface area contributed by atoms with Gasteiger partial charge in [-0.3, -0.25) is 9.89 Å². The number of carbonyl (C=O) groups excluding carboxylic acids is 1. The highest BCUT2D eigenvalue weighted by molar-refractivity contribution is 5.94. The minimum absolute atomic E-state index is 0. The van der Waals surface area contributed by atoms with Crippen LogP contribution in [0.15, 0.2) is 18.2 Å². The number of fused-ring (bicyclic) bond motifs is 2. The normalized spacial score (nSPS) is 18.7. The summed E-state index contributed by atoms with van der Waals surface area (Å²) in [5, 5.41) is 13.4. The van der Waals surface area contributed by atoms with Gasteiger partial charge in [0.05, 0.1) is 6.04 Å². The van der Waals surface area contributed by atoms with Crippen LogP contribution in [0.5, 0.6) is 0 Å². The third-order valence-electron chi connectivity index (χ3n) is 4.51. The molecule has 7 heteroatoms. The summed E-state index contributed by atoms with van der Waals surface area (Å²) in [7, 11) is 0. The lowest BCUT2D eigenvalue weighted by Crippen LogP contribution is -2.30. The largest absolute Gasteiger partial charge is 0.344 e. The van der Waals surface area contributed by atoms with Crippen molar-refractivity contribution < 1.29 is 9.18 Å².